The molecular weight excluding hydrogens is 292 g/mol. The highest BCUT2D eigenvalue weighted by atomic mass is 16.5. The number of para-hydroxylation sites is 4. The molecule has 0 aromatic heterocycles. The third-order valence-corrected chi connectivity index (χ3v) is 3.42. The van der Waals surface area contributed by atoms with Gasteiger partial charge in [-0.25, -0.2) is 0 Å². The molecule has 4 nitrogen and oxygen atoms in total. The lowest BCUT2D eigenvalue weighted by atomic mass is 10.3. The first-order valence-corrected chi connectivity index (χ1v) is 7.83. The van der Waals surface area contributed by atoms with Gasteiger partial charge in [-0.3, -0.25) is 0 Å². The summed E-state index contributed by atoms with van der Waals surface area (Å²) in [5.41, 5.74) is 0. The Morgan fingerprint density at radius 3 is 1.13 bits per heavy atom. The van der Waals surface area contributed by atoms with Crippen molar-refractivity contribution < 1.29 is 19.7 Å². The molecule has 4 heteroatoms. The second kappa shape index (κ2) is 11.2. The molecule has 0 radical (unpaired) electrons. The van der Waals surface area contributed by atoms with E-state index in [2.05, 4.69) is 0 Å². The van der Waals surface area contributed by atoms with Crippen LogP contribution >= 0.6 is 0 Å². The van der Waals surface area contributed by atoms with Gasteiger partial charge in [-0.1, -0.05) is 56.4 Å². The van der Waals surface area contributed by atoms with E-state index < -0.39 is 0 Å². The van der Waals surface area contributed by atoms with E-state index in [1.54, 1.807) is 48.5 Å². The summed E-state index contributed by atoms with van der Waals surface area (Å²) in [6.07, 6.45) is 7.50. The average molecular weight is 318 g/mol. The summed E-state index contributed by atoms with van der Waals surface area (Å²) in [6, 6.07) is 13.7. The third kappa shape index (κ3) is 7.45. The highest BCUT2D eigenvalue weighted by molar-refractivity contribution is 5.38. The van der Waals surface area contributed by atoms with Gasteiger partial charge < -0.3 is 19.7 Å². The minimum Gasteiger partial charge on any atom is -0.504 e. The van der Waals surface area contributed by atoms with Crippen LogP contribution in [0.15, 0.2) is 48.5 Å². The van der Waals surface area contributed by atoms with Gasteiger partial charge in [-0.15, -0.1) is 0 Å². The number of phenols is 2. The predicted molar refractivity (Wildman–Crippen MR) is 92.4 cm³/mol. The van der Waals surface area contributed by atoms with Gasteiger partial charge in [0.05, 0.1) is 14.2 Å². The maximum absolute atomic E-state index is 8.99. The van der Waals surface area contributed by atoms with Gasteiger partial charge in [0.25, 0.3) is 0 Å². The van der Waals surface area contributed by atoms with E-state index in [1.165, 1.54) is 46.3 Å². The quantitative estimate of drug-likeness (QED) is 0.838. The van der Waals surface area contributed by atoms with E-state index in [-0.39, 0.29) is 11.5 Å². The van der Waals surface area contributed by atoms with Crippen LogP contribution in [0, 0.1) is 0 Å². The SMILES string of the molecule is C1CCCC1.COc1ccccc1O.COc1ccccc1O. The van der Waals surface area contributed by atoms with Crippen molar-refractivity contribution in [2.45, 2.75) is 32.1 Å². The Labute approximate surface area is 138 Å². The van der Waals surface area contributed by atoms with Crippen molar-refractivity contribution in [2.75, 3.05) is 14.2 Å². The van der Waals surface area contributed by atoms with E-state index >= 15 is 0 Å². The third-order valence-electron chi connectivity index (χ3n) is 3.42. The van der Waals surface area contributed by atoms with Crippen molar-refractivity contribution in [3.8, 4) is 23.0 Å². The summed E-state index contributed by atoms with van der Waals surface area (Å²) in [6.45, 7) is 0. The average Bonchev–Trinajstić information content (AvgIpc) is 3.16. The molecule has 0 atom stereocenters. The van der Waals surface area contributed by atoms with Crippen LogP contribution < -0.4 is 9.47 Å². The topological polar surface area (TPSA) is 58.9 Å². The van der Waals surface area contributed by atoms with E-state index in [4.69, 9.17) is 19.7 Å². The summed E-state index contributed by atoms with van der Waals surface area (Å²) in [7, 11) is 3.05. The van der Waals surface area contributed by atoms with Crippen LogP contribution in [0.1, 0.15) is 32.1 Å². The molecular formula is C19H26O4. The zero-order chi connectivity index (χ0) is 16.9. The zero-order valence-electron chi connectivity index (χ0n) is 13.9. The first kappa shape index (κ1) is 18.7. The largest absolute Gasteiger partial charge is 0.504 e. The Hall–Kier alpha value is -2.36. The van der Waals surface area contributed by atoms with Crippen molar-refractivity contribution in [2.24, 2.45) is 0 Å². The second-order valence-electron chi connectivity index (χ2n) is 5.11. The molecule has 0 spiro atoms. The van der Waals surface area contributed by atoms with E-state index in [0.29, 0.717) is 11.5 Å². The van der Waals surface area contributed by atoms with Gasteiger partial charge >= 0.3 is 0 Å². The number of rotatable bonds is 2. The van der Waals surface area contributed by atoms with Gasteiger partial charge in [-0.2, -0.15) is 0 Å². The van der Waals surface area contributed by atoms with E-state index in [0.717, 1.165) is 0 Å². The first-order chi connectivity index (χ1) is 11.2. The molecule has 0 heterocycles. The number of hydrogen-bond acceptors (Lipinski definition) is 4. The molecule has 0 bridgehead atoms. The maximum Gasteiger partial charge on any atom is 0.160 e. The Morgan fingerprint density at radius 1 is 0.609 bits per heavy atom. The number of ether oxygens (including phenoxy) is 2. The van der Waals surface area contributed by atoms with Crippen LogP contribution in [0.25, 0.3) is 0 Å². The summed E-state index contributed by atoms with van der Waals surface area (Å²) >= 11 is 0. The van der Waals surface area contributed by atoms with E-state index in [9.17, 15) is 0 Å². The normalized spacial score (nSPS) is 12.3. The van der Waals surface area contributed by atoms with Crippen molar-refractivity contribution >= 4 is 0 Å². The minimum atomic E-state index is 0.181. The Kier molecular flexibility index (Phi) is 9.13. The summed E-state index contributed by atoms with van der Waals surface area (Å²) in [4.78, 5) is 0. The number of hydrogen-bond donors (Lipinski definition) is 2. The number of phenolic OH excluding ortho intramolecular Hbond substituents is 2. The molecule has 2 aromatic rings. The maximum atomic E-state index is 8.99. The fourth-order valence-corrected chi connectivity index (χ4v) is 2.14. The van der Waals surface area contributed by atoms with Gasteiger partial charge in [0, 0.05) is 0 Å². The molecule has 1 fully saturated rings. The van der Waals surface area contributed by atoms with Gasteiger partial charge in [0.15, 0.2) is 23.0 Å². The van der Waals surface area contributed by atoms with Crippen molar-refractivity contribution in [3.05, 3.63) is 48.5 Å². The van der Waals surface area contributed by atoms with Crippen LogP contribution in [0.5, 0.6) is 23.0 Å². The highest BCUT2D eigenvalue weighted by Gasteiger charge is 1.96. The summed E-state index contributed by atoms with van der Waals surface area (Å²) in [5, 5.41) is 18.0. The molecule has 0 amide bonds. The highest BCUT2D eigenvalue weighted by Crippen LogP contribution is 2.23. The van der Waals surface area contributed by atoms with Crippen molar-refractivity contribution in [1.82, 2.24) is 0 Å². The molecule has 126 valence electrons. The molecule has 2 aromatic carbocycles. The number of aromatic hydroxyl groups is 2. The predicted octanol–water partition coefficient (Wildman–Crippen LogP) is 4.75. The molecule has 2 N–H and O–H groups in total. The first-order valence-electron chi connectivity index (χ1n) is 7.83. The Bertz CT molecular complexity index is 497. The van der Waals surface area contributed by atoms with Crippen LogP contribution in [0.2, 0.25) is 0 Å². The van der Waals surface area contributed by atoms with Gasteiger partial charge in [-0.05, 0) is 24.3 Å². The van der Waals surface area contributed by atoms with Crippen LogP contribution in [0.3, 0.4) is 0 Å². The van der Waals surface area contributed by atoms with Crippen molar-refractivity contribution in [1.29, 1.82) is 0 Å². The van der Waals surface area contributed by atoms with Crippen LogP contribution in [0.4, 0.5) is 0 Å². The Balaban J connectivity index is 0.000000180. The fourth-order valence-electron chi connectivity index (χ4n) is 2.14. The molecule has 1 aliphatic carbocycles. The van der Waals surface area contributed by atoms with E-state index in [1.807, 2.05) is 0 Å². The minimum absolute atomic E-state index is 0.181. The Morgan fingerprint density at radius 2 is 0.913 bits per heavy atom. The lowest BCUT2D eigenvalue weighted by molar-refractivity contribution is 0.373. The molecule has 0 aliphatic heterocycles. The molecule has 0 unspecified atom stereocenters. The monoisotopic (exact) mass is 318 g/mol. The number of benzene rings is 2. The number of methoxy groups -OCH3 is 2. The summed E-state index contributed by atoms with van der Waals surface area (Å²) < 4.78 is 9.59. The van der Waals surface area contributed by atoms with Crippen molar-refractivity contribution in [3.63, 3.8) is 0 Å². The van der Waals surface area contributed by atoms with Gasteiger partial charge in [0.1, 0.15) is 0 Å². The summed E-state index contributed by atoms with van der Waals surface area (Å²) in [5.74, 6) is 1.38. The lowest BCUT2D eigenvalue weighted by Crippen LogP contribution is -1.80. The standard InChI is InChI=1S/2C7H8O2.C5H10/c2*1-9-7-5-3-2-4-6(7)8;1-2-4-5-3-1/h2*2-5,8H,1H3;1-5H2. The zero-order valence-corrected chi connectivity index (χ0v) is 13.9. The molecule has 0 saturated heterocycles. The second-order valence-corrected chi connectivity index (χ2v) is 5.11. The van der Waals surface area contributed by atoms with Crippen LogP contribution in [-0.4, -0.2) is 24.4 Å². The molecule has 1 aliphatic rings. The molecule has 23 heavy (non-hydrogen) atoms. The van der Waals surface area contributed by atoms with Gasteiger partial charge in [0.2, 0.25) is 0 Å². The lowest BCUT2D eigenvalue weighted by Gasteiger charge is -1.99. The fraction of sp³-hybridized carbons (Fsp3) is 0.368. The molecule has 3 rings (SSSR count). The van der Waals surface area contributed by atoms with Crippen LogP contribution in [-0.2, 0) is 0 Å². The molecule has 1 saturated carbocycles. The smallest absolute Gasteiger partial charge is 0.160 e.